The van der Waals surface area contributed by atoms with Gasteiger partial charge in [-0.15, -0.1) is 0 Å². The van der Waals surface area contributed by atoms with Gasteiger partial charge in [0, 0.05) is 0 Å². The molecule has 22 heavy (non-hydrogen) atoms. The van der Waals surface area contributed by atoms with Crippen molar-refractivity contribution < 1.29 is 14.5 Å². The molecular formula is C18H18FNO2. The van der Waals surface area contributed by atoms with E-state index in [1.807, 2.05) is 24.3 Å². The minimum atomic E-state index is -0.775. The molecule has 0 saturated heterocycles. The summed E-state index contributed by atoms with van der Waals surface area (Å²) in [5.41, 5.74) is 2.37. The Labute approximate surface area is 129 Å². The Bertz CT molecular complexity index is 662. The van der Waals surface area contributed by atoms with Crippen LogP contribution in [0.2, 0.25) is 0 Å². The third kappa shape index (κ3) is 3.70. The zero-order valence-corrected chi connectivity index (χ0v) is 12.4. The van der Waals surface area contributed by atoms with Gasteiger partial charge in [0.05, 0.1) is 5.56 Å². The maximum Gasteiger partial charge on any atom is 0.143 e. The molecule has 4 heteroatoms. The number of hydrogen-bond donors (Lipinski definition) is 1. The van der Waals surface area contributed by atoms with E-state index in [9.17, 15) is 9.65 Å². The van der Waals surface area contributed by atoms with Crippen molar-refractivity contribution in [2.24, 2.45) is 0 Å². The van der Waals surface area contributed by atoms with Gasteiger partial charge in [0.1, 0.15) is 18.0 Å². The number of benzene rings is 2. The first-order valence-electron chi connectivity index (χ1n) is 7.28. The van der Waals surface area contributed by atoms with E-state index in [1.165, 1.54) is 17.7 Å². The standard InChI is InChI=1S/C18H18FNO2/c1-2-3-4-13-5-7-14(8-6-13)18(22-21)15-9-10-16(12-20)17(19)11-15/h5-11,18,21H,2-4H2,1H3. The molecule has 0 saturated carbocycles. The molecule has 2 aromatic rings. The molecule has 0 fully saturated rings. The van der Waals surface area contributed by atoms with Crippen LogP contribution in [-0.4, -0.2) is 5.26 Å². The van der Waals surface area contributed by atoms with E-state index in [0.29, 0.717) is 5.56 Å². The van der Waals surface area contributed by atoms with E-state index >= 15 is 0 Å². The fourth-order valence-electron chi connectivity index (χ4n) is 2.34. The summed E-state index contributed by atoms with van der Waals surface area (Å²) < 4.78 is 13.7. The van der Waals surface area contributed by atoms with E-state index in [-0.39, 0.29) is 5.56 Å². The molecule has 0 radical (unpaired) electrons. The fourth-order valence-corrected chi connectivity index (χ4v) is 2.34. The lowest BCUT2D eigenvalue weighted by atomic mass is 9.98. The molecule has 2 aromatic carbocycles. The summed E-state index contributed by atoms with van der Waals surface area (Å²) >= 11 is 0. The molecule has 1 N–H and O–H groups in total. The largest absolute Gasteiger partial charge is 0.251 e. The maximum atomic E-state index is 13.7. The zero-order chi connectivity index (χ0) is 15.9. The molecule has 3 nitrogen and oxygen atoms in total. The minimum absolute atomic E-state index is 0.0321. The molecule has 114 valence electrons. The molecule has 1 unspecified atom stereocenters. The predicted molar refractivity (Wildman–Crippen MR) is 81.7 cm³/mol. The van der Waals surface area contributed by atoms with Crippen molar-refractivity contribution in [3.63, 3.8) is 0 Å². The summed E-state index contributed by atoms with van der Waals surface area (Å²) in [7, 11) is 0. The van der Waals surface area contributed by atoms with Gasteiger partial charge in [-0.2, -0.15) is 5.26 Å². The van der Waals surface area contributed by atoms with E-state index in [0.717, 1.165) is 24.8 Å². The lowest BCUT2D eigenvalue weighted by molar-refractivity contribution is -0.270. The topological polar surface area (TPSA) is 53.2 Å². The zero-order valence-electron chi connectivity index (χ0n) is 12.4. The third-order valence-electron chi connectivity index (χ3n) is 3.62. The van der Waals surface area contributed by atoms with Crippen LogP contribution in [0.1, 0.15) is 48.1 Å². The van der Waals surface area contributed by atoms with Crippen LogP contribution in [0.5, 0.6) is 0 Å². The molecule has 0 aromatic heterocycles. The fraction of sp³-hybridized carbons (Fsp3) is 0.278. The molecule has 0 aliphatic heterocycles. The maximum absolute atomic E-state index is 13.7. The van der Waals surface area contributed by atoms with Gasteiger partial charge in [-0.25, -0.2) is 9.28 Å². The van der Waals surface area contributed by atoms with E-state index in [1.54, 1.807) is 12.1 Å². The van der Waals surface area contributed by atoms with Crippen molar-refractivity contribution in [1.29, 1.82) is 5.26 Å². The molecule has 1 atom stereocenters. The predicted octanol–water partition coefficient (Wildman–Crippen LogP) is 4.62. The van der Waals surface area contributed by atoms with Crippen LogP contribution < -0.4 is 0 Å². The van der Waals surface area contributed by atoms with Crippen molar-refractivity contribution >= 4 is 0 Å². The van der Waals surface area contributed by atoms with Crippen molar-refractivity contribution in [2.45, 2.75) is 32.3 Å². The second-order valence-corrected chi connectivity index (χ2v) is 5.18. The van der Waals surface area contributed by atoms with Crippen LogP contribution in [0.25, 0.3) is 0 Å². The molecule has 2 rings (SSSR count). The first-order chi connectivity index (χ1) is 10.7. The number of hydrogen-bond acceptors (Lipinski definition) is 3. The highest BCUT2D eigenvalue weighted by Gasteiger charge is 2.17. The highest BCUT2D eigenvalue weighted by molar-refractivity contribution is 5.38. The molecular weight excluding hydrogens is 281 g/mol. The molecule has 0 aliphatic rings. The van der Waals surface area contributed by atoms with Crippen LogP contribution in [0.4, 0.5) is 4.39 Å². The lowest BCUT2D eigenvalue weighted by Crippen LogP contribution is -2.05. The second-order valence-electron chi connectivity index (χ2n) is 5.18. The van der Waals surface area contributed by atoms with Crippen molar-refractivity contribution in [1.82, 2.24) is 0 Å². The summed E-state index contributed by atoms with van der Waals surface area (Å²) in [6.45, 7) is 2.14. The molecule has 0 heterocycles. The van der Waals surface area contributed by atoms with Crippen LogP contribution in [-0.2, 0) is 11.3 Å². The lowest BCUT2D eigenvalue weighted by Gasteiger charge is -2.15. The Kier molecular flexibility index (Phi) is 5.65. The number of nitriles is 1. The average Bonchev–Trinajstić information content (AvgIpc) is 2.55. The monoisotopic (exact) mass is 299 g/mol. The van der Waals surface area contributed by atoms with Gasteiger partial charge in [-0.1, -0.05) is 43.7 Å². The highest BCUT2D eigenvalue weighted by atomic mass is 19.1. The van der Waals surface area contributed by atoms with Gasteiger partial charge < -0.3 is 0 Å². The van der Waals surface area contributed by atoms with Gasteiger partial charge in [-0.05, 0) is 41.7 Å². The average molecular weight is 299 g/mol. The van der Waals surface area contributed by atoms with E-state index < -0.39 is 11.9 Å². The summed E-state index contributed by atoms with van der Waals surface area (Å²) in [5.74, 6) is -0.624. The first kappa shape index (κ1) is 16.2. The van der Waals surface area contributed by atoms with Crippen LogP contribution in [0.15, 0.2) is 42.5 Å². The van der Waals surface area contributed by atoms with Gasteiger partial charge in [-0.3, -0.25) is 5.26 Å². The molecule has 0 bridgehead atoms. The number of halogens is 1. The quantitative estimate of drug-likeness (QED) is 0.625. The second kappa shape index (κ2) is 7.69. The summed E-state index contributed by atoms with van der Waals surface area (Å²) in [4.78, 5) is 4.52. The normalized spacial score (nSPS) is 11.9. The highest BCUT2D eigenvalue weighted by Crippen LogP contribution is 2.27. The number of nitrogens with zero attached hydrogens (tertiary/aromatic N) is 1. The SMILES string of the molecule is CCCCc1ccc(C(OO)c2ccc(C#N)c(F)c2)cc1. The molecule has 0 aliphatic carbocycles. The van der Waals surface area contributed by atoms with Crippen molar-refractivity contribution in [2.75, 3.05) is 0 Å². The smallest absolute Gasteiger partial charge is 0.143 e. The summed E-state index contributed by atoms with van der Waals surface area (Å²) in [6, 6.07) is 13.6. The Morgan fingerprint density at radius 1 is 1.18 bits per heavy atom. The van der Waals surface area contributed by atoms with Gasteiger partial charge >= 0.3 is 0 Å². The van der Waals surface area contributed by atoms with Gasteiger partial charge in [0.25, 0.3) is 0 Å². The van der Waals surface area contributed by atoms with Gasteiger partial charge in [0.2, 0.25) is 0 Å². The number of unbranched alkanes of at least 4 members (excludes halogenated alkanes) is 1. The minimum Gasteiger partial charge on any atom is -0.251 e. The molecule has 0 spiro atoms. The van der Waals surface area contributed by atoms with Crippen molar-refractivity contribution in [3.05, 3.63) is 70.5 Å². The first-order valence-corrected chi connectivity index (χ1v) is 7.28. The Balaban J connectivity index is 2.24. The summed E-state index contributed by atoms with van der Waals surface area (Å²) in [5, 5.41) is 17.9. The Hall–Kier alpha value is -2.22. The van der Waals surface area contributed by atoms with Crippen LogP contribution >= 0.6 is 0 Å². The summed E-state index contributed by atoms with van der Waals surface area (Å²) in [6.07, 6.45) is 2.49. The third-order valence-corrected chi connectivity index (χ3v) is 3.62. The van der Waals surface area contributed by atoms with E-state index in [2.05, 4.69) is 11.8 Å². The Morgan fingerprint density at radius 2 is 1.86 bits per heavy atom. The van der Waals surface area contributed by atoms with Crippen LogP contribution in [0.3, 0.4) is 0 Å². The van der Waals surface area contributed by atoms with Crippen LogP contribution in [0, 0.1) is 17.1 Å². The number of rotatable bonds is 6. The van der Waals surface area contributed by atoms with E-state index in [4.69, 9.17) is 5.26 Å². The molecule has 0 amide bonds. The Morgan fingerprint density at radius 3 is 2.41 bits per heavy atom. The van der Waals surface area contributed by atoms with Gasteiger partial charge in [0.15, 0.2) is 0 Å². The van der Waals surface area contributed by atoms with Crippen molar-refractivity contribution in [3.8, 4) is 6.07 Å². The number of aryl methyl sites for hydroxylation is 1.